The number of aryl methyl sites for hydroxylation is 1. The molecule has 3 saturated heterocycles. The van der Waals surface area contributed by atoms with Gasteiger partial charge in [0.05, 0.1) is 106 Å². The molecule has 5 heterocycles. The SMILES string of the molecule is CC[C@H](C)CN(C[C@@H](O)[C@H](Cc1ccccc1)NC(=O)O[C@H]1CCOC1)S(=O)(=O)c1ccc2c(c1)OCO2.CC[C@H](C)CN(C[C@@H](O)[C@H](Cc1ccccc1)NC(=O)O[C@H]1CCOC1)S(=O)(=O)c1ccc2ncsc2c1.CCc1ccc(S(=O)(=O)N(C[C@@H](C)CC)C[C@@H](O)[C@H](Cc2ccccc2)NC(=O)O[C@H]2CCOC2)cc1. The molecule has 12 atom stereocenters. The van der Waals surface area contributed by atoms with E-state index in [4.69, 9.17) is 37.9 Å². The van der Waals surface area contributed by atoms with Gasteiger partial charge < -0.3 is 69.2 Å². The highest BCUT2D eigenvalue weighted by atomic mass is 32.2. The summed E-state index contributed by atoms with van der Waals surface area (Å²) in [6, 6.07) is 42.2. The number of aliphatic hydroxyl groups excluding tert-OH is 3. The van der Waals surface area contributed by atoms with Gasteiger partial charge in [-0.2, -0.15) is 12.9 Å². The number of nitrogens with one attached hydrogen (secondary N) is 3. The number of carbonyl (C=O) groups is 3. The monoisotopic (exact) mass is 1640 g/mol. The molecule has 1 aromatic heterocycles. The first-order valence-corrected chi connectivity index (χ1v) is 44.1. The first kappa shape index (κ1) is 89.0. The maximum atomic E-state index is 13.8. The highest BCUT2D eigenvalue weighted by Gasteiger charge is 2.38. The summed E-state index contributed by atoms with van der Waals surface area (Å²) in [5, 5.41) is 42.4. The number of carbonyl (C=O) groups excluding carboxylic acids is 3. The second-order valence-corrected chi connectivity index (χ2v) is 35.9. The molecule has 4 aliphatic heterocycles. The number of alkyl carbamates (subject to hydrolysis) is 3. The minimum Gasteiger partial charge on any atom is -0.454 e. The summed E-state index contributed by atoms with van der Waals surface area (Å²) < 4.78 is 130. The smallest absolute Gasteiger partial charge is 0.407 e. The van der Waals surface area contributed by atoms with Crippen LogP contribution < -0.4 is 25.4 Å². The zero-order chi connectivity index (χ0) is 81.1. The normalized spacial score (nSPS) is 18.6. The van der Waals surface area contributed by atoms with Crippen molar-refractivity contribution in [2.75, 3.05) is 85.7 Å². The summed E-state index contributed by atoms with van der Waals surface area (Å²) in [7, 11) is -11.8. The van der Waals surface area contributed by atoms with E-state index in [0.717, 1.165) is 58.2 Å². The Balaban J connectivity index is 0.000000194. The predicted molar refractivity (Wildman–Crippen MR) is 429 cm³/mol. The zero-order valence-electron chi connectivity index (χ0n) is 65.4. The van der Waals surface area contributed by atoms with E-state index >= 15 is 0 Å². The summed E-state index contributed by atoms with van der Waals surface area (Å²) in [4.78, 5) is 42.7. The lowest BCUT2D eigenvalue weighted by atomic mass is 10.0. The van der Waals surface area contributed by atoms with Gasteiger partial charge in [-0.25, -0.2) is 44.6 Å². The number of ether oxygens (including phenoxy) is 8. The molecule has 0 spiro atoms. The Morgan fingerprint density at radius 3 is 1.18 bits per heavy atom. The molecule has 6 aromatic carbocycles. The van der Waals surface area contributed by atoms with E-state index in [2.05, 4.69) is 20.9 Å². The maximum absolute atomic E-state index is 13.8. The van der Waals surface area contributed by atoms with Gasteiger partial charge in [0.2, 0.25) is 36.9 Å². The number of thiazole rings is 1. The van der Waals surface area contributed by atoms with Crippen LogP contribution in [0.3, 0.4) is 0 Å². The molecule has 3 fully saturated rings. The molecular weight excluding hydrogens is 1530 g/mol. The molecule has 0 aliphatic carbocycles. The third-order valence-electron chi connectivity index (χ3n) is 20.4. The molecule has 618 valence electrons. The number of nitrogens with zero attached hydrogens (tertiary/aromatic N) is 4. The molecule has 4 aliphatic rings. The second kappa shape index (κ2) is 43.7. The molecule has 0 unspecified atom stereocenters. The van der Waals surface area contributed by atoms with Crippen LogP contribution >= 0.6 is 11.3 Å². The fourth-order valence-electron chi connectivity index (χ4n) is 12.9. The summed E-state index contributed by atoms with van der Waals surface area (Å²) in [5.74, 6) is 1.04. The van der Waals surface area contributed by atoms with Crippen molar-refractivity contribution < 1.29 is 92.9 Å². The van der Waals surface area contributed by atoms with Crippen molar-refractivity contribution in [1.29, 1.82) is 0 Å². The number of hydrogen-bond donors (Lipinski definition) is 6. The van der Waals surface area contributed by atoms with E-state index in [1.54, 1.807) is 41.9 Å². The molecule has 3 amide bonds. The highest BCUT2D eigenvalue weighted by Crippen LogP contribution is 2.36. The molecule has 6 N–H and O–H groups in total. The quantitative estimate of drug-likeness (QED) is 0.0197. The van der Waals surface area contributed by atoms with Crippen molar-refractivity contribution in [3.63, 3.8) is 0 Å². The Labute approximate surface area is 669 Å². The zero-order valence-corrected chi connectivity index (χ0v) is 68.7. The number of aliphatic hydroxyl groups is 3. The summed E-state index contributed by atoms with van der Waals surface area (Å²) in [5.41, 5.74) is 6.15. The van der Waals surface area contributed by atoms with E-state index in [-0.39, 0.29) is 96.8 Å². The fourth-order valence-corrected chi connectivity index (χ4v) is 18.5. The molecule has 7 aromatic rings. The number of fused-ring (bicyclic) bond motifs is 2. The van der Waals surface area contributed by atoms with Crippen LogP contribution in [0.4, 0.5) is 14.4 Å². The van der Waals surface area contributed by atoms with Crippen molar-refractivity contribution in [2.45, 2.75) is 182 Å². The molecule has 0 bridgehead atoms. The lowest BCUT2D eigenvalue weighted by molar-refractivity contribution is 0.0640. The van der Waals surface area contributed by atoms with Crippen LogP contribution in [0.25, 0.3) is 10.2 Å². The summed E-state index contributed by atoms with van der Waals surface area (Å²) in [6.45, 7) is 16.7. The van der Waals surface area contributed by atoms with Gasteiger partial charge in [-0.15, -0.1) is 11.3 Å². The Morgan fingerprint density at radius 1 is 0.460 bits per heavy atom. The molecule has 31 heteroatoms. The molecule has 113 heavy (non-hydrogen) atoms. The van der Waals surface area contributed by atoms with Crippen LogP contribution in [0.15, 0.2) is 172 Å². The van der Waals surface area contributed by atoms with Crippen molar-refractivity contribution in [2.24, 2.45) is 17.8 Å². The van der Waals surface area contributed by atoms with Gasteiger partial charge in [0.1, 0.15) is 18.3 Å². The van der Waals surface area contributed by atoms with Crippen molar-refractivity contribution in [3.8, 4) is 11.5 Å². The summed E-state index contributed by atoms with van der Waals surface area (Å²) in [6.07, 6.45) is -0.673. The molecule has 27 nitrogen and oxygen atoms in total. The Bertz CT molecular complexity index is 4430. The Kier molecular flexibility index (Phi) is 34.5. The summed E-state index contributed by atoms with van der Waals surface area (Å²) >= 11 is 1.37. The highest BCUT2D eigenvalue weighted by molar-refractivity contribution is 7.89. The third-order valence-corrected chi connectivity index (χ3v) is 26.7. The largest absolute Gasteiger partial charge is 0.454 e. The number of rotatable bonds is 37. The maximum Gasteiger partial charge on any atom is 0.407 e. The van der Waals surface area contributed by atoms with Crippen LogP contribution in [-0.2, 0) is 84.2 Å². The minimum absolute atomic E-state index is 0.0318. The van der Waals surface area contributed by atoms with E-state index in [9.17, 15) is 55.0 Å². The van der Waals surface area contributed by atoms with Gasteiger partial charge in [0.15, 0.2) is 11.5 Å². The topological polar surface area (TPSA) is 347 Å². The number of aromatic nitrogens is 1. The standard InChI is InChI=1S/C28H40N2O6S.C27H35N3O6S2.C27H36N2O8S/c1-4-21(3)18-30(37(33,34)25-13-11-22(5-2)12-14-25)19-27(31)26(17-23-9-7-6-8-10-23)29-28(32)36-24-15-16-35-20-24;1-3-19(2)15-30(38(33,34)22-9-10-23-26(14-22)37-18-28-23)16-25(31)24(13-20-7-5-4-6-8-20)29-27(32)36-21-11-12-35-17-21;1-3-19(2)15-29(38(32,33)22-9-10-25-26(14-22)36-18-35-25)16-24(30)23(13-20-7-5-4-6-8-20)28-27(31)37-21-11-12-34-17-21/h6-14,21,24,26-27,31H,4-5,15-20H2,1-3H3,(H,29,32);4-10,14,18-19,21,24-25,31H,3,11-13,15-17H2,1-2H3,(H,29,32);4-10,14,19,21,23-24,30H,3,11-13,15-18H2,1-2H3,(H,28,31)/t21-,24-,26-,27+;19-,21-,24-,25+;19-,21-,23-,24+/m000/s1. The average Bonchev–Trinajstić information content (AvgIpc) is 1.79. The molecule has 11 rings (SSSR count). The molecular formula is C82H111N7O20S4. The van der Waals surface area contributed by atoms with Crippen LogP contribution in [-0.4, -0.2) is 217 Å². The van der Waals surface area contributed by atoms with E-state index in [1.807, 2.05) is 152 Å². The first-order chi connectivity index (χ1) is 54.2. The van der Waals surface area contributed by atoms with Crippen LogP contribution in [0.2, 0.25) is 0 Å². The number of sulfonamides is 3. The van der Waals surface area contributed by atoms with E-state index < -0.39 is 84.8 Å². The third kappa shape index (κ3) is 26.8. The van der Waals surface area contributed by atoms with Gasteiger partial charge in [0, 0.05) is 64.6 Å². The van der Waals surface area contributed by atoms with Gasteiger partial charge in [0.25, 0.3) is 0 Å². The number of amides is 3. The van der Waals surface area contributed by atoms with Crippen LogP contribution in [0.1, 0.15) is 109 Å². The van der Waals surface area contributed by atoms with Crippen molar-refractivity contribution >= 4 is 69.9 Å². The lowest BCUT2D eigenvalue weighted by Gasteiger charge is -2.31. The van der Waals surface area contributed by atoms with Gasteiger partial charge in [-0.3, -0.25) is 0 Å². The van der Waals surface area contributed by atoms with Crippen molar-refractivity contribution in [3.05, 3.63) is 179 Å². The Hall–Kier alpha value is -7.89. The lowest BCUT2D eigenvalue weighted by Crippen LogP contribution is -2.51. The molecule has 0 saturated carbocycles. The minimum atomic E-state index is -4.00. The first-order valence-electron chi connectivity index (χ1n) is 38.9. The Morgan fingerprint density at radius 2 is 0.814 bits per heavy atom. The van der Waals surface area contributed by atoms with E-state index in [1.165, 1.54) is 36.4 Å². The van der Waals surface area contributed by atoms with Crippen LogP contribution in [0.5, 0.6) is 11.5 Å². The van der Waals surface area contributed by atoms with E-state index in [0.29, 0.717) is 89.7 Å². The average molecular weight is 1640 g/mol. The number of hydrogen-bond acceptors (Lipinski definition) is 22. The van der Waals surface area contributed by atoms with Crippen molar-refractivity contribution in [1.82, 2.24) is 33.8 Å². The van der Waals surface area contributed by atoms with Gasteiger partial charge in [-0.1, -0.05) is 171 Å². The van der Waals surface area contributed by atoms with Crippen LogP contribution in [0, 0.1) is 17.8 Å². The molecule has 0 radical (unpaired) electrons. The number of benzene rings is 6. The second-order valence-electron chi connectivity index (χ2n) is 29.2. The van der Waals surface area contributed by atoms with Gasteiger partial charge >= 0.3 is 18.3 Å². The van der Waals surface area contributed by atoms with Gasteiger partial charge in [-0.05, 0) is 108 Å². The predicted octanol–water partition coefficient (Wildman–Crippen LogP) is 10.5. The fraction of sp³-hybridized carbons (Fsp3) is 0.512.